The molecule has 1 aliphatic rings. The van der Waals surface area contributed by atoms with Crippen LogP contribution in [0.4, 0.5) is 0 Å². The second kappa shape index (κ2) is 6.57. The van der Waals surface area contributed by atoms with Gasteiger partial charge in [-0.2, -0.15) is 0 Å². The lowest BCUT2D eigenvalue weighted by Gasteiger charge is -2.22. The summed E-state index contributed by atoms with van der Waals surface area (Å²) in [6.45, 7) is 3.80. The van der Waals surface area contributed by atoms with E-state index in [0.29, 0.717) is 10.8 Å². The summed E-state index contributed by atoms with van der Waals surface area (Å²) in [5, 5.41) is 0. The maximum atomic E-state index is 12.5. The summed E-state index contributed by atoms with van der Waals surface area (Å²) in [5.74, 6) is -1.09. The number of benzene rings is 2. The third kappa shape index (κ3) is 3.10. The Morgan fingerprint density at radius 3 is 2.46 bits per heavy atom. The van der Waals surface area contributed by atoms with Crippen LogP contribution in [0.2, 0.25) is 0 Å². The molecular formula is C19H20N2O4S. The molecule has 136 valence electrons. The Balaban J connectivity index is 1.77. The fourth-order valence-electron chi connectivity index (χ4n) is 3.00. The van der Waals surface area contributed by atoms with E-state index in [1.54, 1.807) is 19.2 Å². The van der Waals surface area contributed by atoms with Gasteiger partial charge in [-0.25, -0.2) is 12.7 Å². The predicted octanol–water partition coefficient (Wildman–Crippen LogP) is 2.11. The molecule has 0 aliphatic carbocycles. The van der Waals surface area contributed by atoms with Gasteiger partial charge >= 0.3 is 0 Å². The minimum atomic E-state index is -3.97. The molecule has 2 aromatic carbocycles. The molecule has 26 heavy (non-hydrogen) atoms. The molecule has 7 heteroatoms. The van der Waals surface area contributed by atoms with Gasteiger partial charge in [0.05, 0.1) is 5.56 Å². The van der Waals surface area contributed by atoms with Crippen molar-refractivity contribution in [3.63, 3.8) is 0 Å². The summed E-state index contributed by atoms with van der Waals surface area (Å²) < 4.78 is 25.7. The SMILES string of the molecule is Cc1ccc(CN(C)C(=O)CN2C(=O)c3ccccc3S2(=O)=O)c(C)c1. The number of amides is 2. The molecule has 0 atom stereocenters. The molecule has 0 saturated heterocycles. The summed E-state index contributed by atoms with van der Waals surface area (Å²) in [4.78, 5) is 26.3. The Kier molecular flexibility index (Phi) is 4.58. The number of likely N-dealkylation sites (N-methyl/N-ethyl adjacent to an activating group) is 1. The first-order chi connectivity index (χ1) is 12.2. The zero-order valence-corrected chi connectivity index (χ0v) is 15.7. The lowest BCUT2D eigenvalue weighted by molar-refractivity contribution is -0.130. The number of carbonyl (C=O) groups is 2. The average molecular weight is 372 g/mol. The molecule has 2 amide bonds. The van der Waals surface area contributed by atoms with Gasteiger partial charge in [-0.3, -0.25) is 9.59 Å². The van der Waals surface area contributed by atoms with Gasteiger partial charge in [0.2, 0.25) is 5.91 Å². The van der Waals surface area contributed by atoms with Gasteiger partial charge in [0.25, 0.3) is 15.9 Å². The topological polar surface area (TPSA) is 74.8 Å². The Bertz CT molecular complexity index is 998. The van der Waals surface area contributed by atoms with Crippen molar-refractivity contribution < 1.29 is 18.0 Å². The second-order valence-corrected chi connectivity index (χ2v) is 8.32. The van der Waals surface area contributed by atoms with Crippen LogP contribution in [0.25, 0.3) is 0 Å². The van der Waals surface area contributed by atoms with E-state index in [-0.39, 0.29) is 10.5 Å². The normalized spacial score (nSPS) is 15.0. The minimum Gasteiger partial charge on any atom is -0.340 e. The molecule has 3 rings (SSSR count). The number of carbonyl (C=O) groups excluding carboxylic acids is 2. The summed E-state index contributed by atoms with van der Waals surface area (Å²) in [6.07, 6.45) is 0. The fourth-order valence-corrected chi connectivity index (χ4v) is 4.52. The molecule has 0 fully saturated rings. The van der Waals surface area contributed by atoms with Crippen LogP contribution in [-0.4, -0.2) is 43.0 Å². The van der Waals surface area contributed by atoms with E-state index in [1.165, 1.54) is 17.0 Å². The van der Waals surface area contributed by atoms with Crippen LogP contribution in [0.3, 0.4) is 0 Å². The number of fused-ring (bicyclic) bond motifs is 1. The number of sulfonamides is 1. The maximum absolute atomic E-state index is 12.5. The molecule has 0 radical (unpaired) electrons. The van der Waals surface area contributed by atoms with Crippen molar-refractivity contribution in [2.45, 2.75) is 25.3 Å². The van der Waals surface area contributed by atoms with Crippen LogP contribution in [0.1, 0.15) is 27.0 Å². The molecule has 0 spiro atoms. The van der Waals surface area contributed by atoms with Gasteiger partial charge in [-0.1, -0.05) is 35.9 Å². The van der Waals surface area contributed by atoms with E-state index in [2.05, 4.69) is 0 Å². The first-order valence-corrected chi connectivity index (χ1v) is 9.62. The van der Waals surface area contributed by atoms with Crippen LogP contribution in [0.5, 0.6) is 0 Å². The van der Waals surface area contributed by atoms with Gasteiger partial charge in [0, 0.05) is 13.6 Å². The van der Waals surface area contributed by atoms with E-state index >= 15 is 0 Å². The molecule has 6 nitrogen and oxygen atoms in total. The number of rotatable bonds is 4. The lowest BCUT2D eigenvalue weighted by Crippen LogP contribution is -2.41. The molecule has 2 aromatic rings. The van der Waals surface area contributed by atoms with E-state index < -0.39 is 28.4 Å². The van der Waals surface area contributed by atoms with E-state index in [1.807, 2.05) is 32.0 Å². The van der Waals surface area contributed by atoms with Gasteiger partial charge < -0.3 is 4.90 Å². The first-order valence-electron chi connectivity index (χ1n) is 8.18. The highest BCUT2D eigenvalue weighted by atomic mass is 32.2. The molecule has 0 saturated carbocycles. The van der Waals surface area contributed by atoms with Crippen LogP contribution in [0.15, 0.2) is 47.4 Å². The van der Waals surface area contributed by atoms with Crippen molar-refractivity contribution in [2.24, 2.45) is 0 Å². The van der Waals surface area contributed by atoms with Crippen molar-refractivity contribution in [1.29, 1.82) is 0 Å². The summed E-state index contributed by atoms with van der Waals surface area (Å²) >= 11 is 0. The number of hydrogen-bond donors (Lipinski definition) is 0. The summed E-state index contributed by atoms with van der Waals surface area (Å²) in [5.41, 5.74) is 3.27. The molecule has 0 unspecified atom stereocenters. The third-order valence-corrected chi connectivity index (χ3v) is 6.31. The molecule has 0 N–H and O–H groups in total. The van der Waals surface area contributed by atoms with E-state index in [4.69, 9.17) is 0 Å². The highest BCUT2D eigenvalue weighted by molar-refractivity contribution is 7.90. The largest absolute Gasteiger partial charge is 0.340 e. The van der Waals surface area contributed by atoms with E-state index in [9.17, 15) is 18.0 Å². The summed E-state index contributed by atoms with van der Waals surface area (Å²) in [6, 6.07) is 11.9. The molecule has 0 bridgehead atoms. The average Bonchev–Trinajstić information content (AvgIpc) is 2.78. The smallest absolute Gasteiger partial charge is 0.269 e. The minimum absolute atomic E-state index is 0.0465. The number of nitrogens with zero attached hydrogens (tertiary/aromatic N) is 2. The highest BCUT2D eigenvalue weighted by Crippen LogP contribution is 2.29. The zero-order valence-electron chi connectivity index (χ0n) is 14.9. The monoisotopic (exact) mass is 372 g/mol. The Labute approximate surface area is 153 Å². The summed E-state index contributed by atoms with van der Waals surface area (Å²) in [7, 11) is -2.38. The fraction of sp³-hybridized carbons (Fsp3) is 0.263. The van der Waals surface area contributed by atoms with E-state index in [0.717, 1.165) is 16.7 Å². The molecule has 1 heterocycles. The van der Waals surface area contributed by atoms with Gasteiger partial charge in [0.15, 0.2) is 0 Å². The standard InChI is InChI=1S/C19H20N2O4S/c1-13-8-9-15(14(2)10-13)11-20(3)18(22)12-21-19(23)16-6-4-5-7-17(16)26(21,24)25/h4-10H,11-12H2,1-3H3. The van der Waals surface area contributed by atoms with Gasteiger partial charge in [-0.15, -0.1) is 0 Å². The Morgan fingerprint density at radius 1 is 1.12 bits per heavy atom. The molecule has 1 aliphatic heterocycles. The van der Waals surface area contributed by atoms with Crippen molar-refractivity contribution in [1.82, 2.24) is 9.21 Å². The maximum Gasteiger partial charge on any atom is 0.269 e. The molecule has 0 aromatic heterocycles. The van der Waals surface area contributed by atoms with Crippen LogP contribution in [-0.2, 0) is 21.4 Å². The quantitative estimate of drug-likeness (QED) is 0.824. The highest BCUT2D eigenvalue weighted by Gasteiger charge is 2.42. The van der Waals surface area contributed by atoms with Gasteiger partial charge in [0.1, 0.15) is 11.4 Å². The number of hydrogen-bond acceptors (Lipinski definition) is 4. The second-order valence-electron chi connectivity index (χ2n) is 6.49. The lowest BCUT2D eigenvalue weighted by atomic mass is 10.1. The number of aryl methyl sites for hydroxylation is 2. The van der Waals surface area contributed by atoms with Crippen molar-refractivity contribution in [3.8, 4) is 0 Å². The van der Waals surface area contributed by atoms with Crippen molar-refractivity contribution in [3.05, 3.63) is 64.7 Å². The van der Waals surface area contributed by atoms with Gasteiger partial charge in [-0.05, 0) is 37.1 Å². The van der Waals surface area contributed by atoms with Crippen molar-refractivity contribution in [2.75, 3.05) is 13.6 Å². The van der Waals surface area contributed by atoms with Crippen LogP contribution >= 0.6 is 0 Å². The Hall–Kier alpha value is -2.67. The molecular weight excluding hydrogens is 352 g/mol. The predicted molar refractivity (Wildman–Crippen MR) is 97.1 cm³/mol. The zero-order chi connectivity index (χ0) is 19.1. The van der Waals surface area contributed by atoms with Crippen LogP contribution < -0.4 is 0 Å². The van der Waals surface area contributed by atoms with Crippen LogP contribution in [0, 0.1) is 13.8 Å². The van der Waals surface area contributed by atoms with Crippen molar-refractivity contribution >= 4 is 21.8 Å². The Morgan fingerprint density at radius 2 is 1.81 bits per heavy atom. The third-order valence-electron chi connectivity index (χ3n) is 4.52. The first kappa shape index (κ1) is 18.1.